The molecule has 1 aliphatic heterocycles. The first kappa shape index (κ1) is 21.5. The van der Waals surface area contributed by atoms with E-state index in [1.807, 2.05) is 35.8 Å². The van der Waals surface area contributed by atoms with Crippen molar-refractivity contribution < 1.29 is 4.79 Å². The van der Waals surface area contributed by atoms with Crippen molar-refractivity contribution in [1.29, 1.82) is 0 Å². The maximum Gasteiger partial charge on any atom is 0.291 e. The van der Waals surface area contributed by atoms with Crippen LogP contribution >= 0.6 is 0 Å². The molecule has 1 unspecified atom stereocenters. The summed E-state index contributed by atoms with van der Waals surface area (Å²) in [5, 5.41) is 9.05. The molecule has 1 amide bonds. The number of benzene rings is 1. The number of aromatic nitrogens is 3. The van der Waals surface area contributed by atoms with Gasteiger partial charge in [-0.25, -0.2) is 4.68 Å². The fourth-order valence-corrected chi connectivity index (χ4v) is 4.50. The molecular formula is C23H32N6O2. The Balaban J connectivity index is 1.53. The fourth-order valence-electron chi connectivity index (χ4n) is 4.50. The Kier molecular flexibility index (Phi) is 6.38. The number of hydrogen-bond acceptors (Lipinski definition) is 5. The highest BCUT2D eigenvalue weighted by Crippen LogP contribution is 2.30. The number of carbonyl (C=O) groups excluding carboxylic acids is 1. The lowest BCUT2D eigenvalue weighted by Crippen LogP contribution is -2.45. The zero-order chi connectivity index (χ0) is 22.0. The average Bonchev–Trinajstić information content (AvgIpc) is 3.11. The second-order valence-electron chi connectivity index (χ2n) is 8.44. The molecule has 8 heteroatoms. The predicted molar refractivity (Wildman–Crippen MR) is 123 cm³/mol. The van der Waals surface area contributed by atoms with E-state index in [0.717, 1.165) is 55.4 Å². The Bertz CT molecular complexity index is 1130. The summed E-state index contributed by atoms with van der Waals surface area (Å²) in [6.45, 7) is 7.98. The molecule has 4 rings (SSSR count). The smallest absolute Gasteiger partial charge is 0.291 e. The van der Waals surface area contributed by atoms with Gasteiger partial charge in [0.1, 0.15) is 11.6 Å². The number of para-hydroxylation sites is 1. The number of amides is 1. The minimum atomic E-state index is -0.443. The van der Waals surface area contributed by atoms with Crippen molar-refractivity contribution in [3.63, 3.8) is 0 Å². The van der Waals surface area contributed by atoms with Crippen molar-refractivity contribution in [2.24, 2.45) is 7.05 Å². The quantitative estimate of drug-likeness (QED) is 0.583. The Morgan fingerprint density at radius 1 is 1.13 bits per heavy atom. The van der Waals surface area contributed by atoms with Crippen molar-refractivity contribution in [2.75, 3.05) is 46.3 Å². The number of carbonyl (C=O) groups is 1. The summed E-state index contributed by atoms with van der Waals surface area (Å²) in [6.07, 6.45) is 3.24. The van der Waals surface area contributed by atoms with E-state index >= 15 is 0 Å². The van der Waals surface area contributed by atoms with Gasteiger partial charge in [-0.3, -0.25) is 9.59 Å². The summed E-state index contributed by atoms with van der Waals surface area (Å²) < 4.78 is 3.24. The number of hydrogen-bond donors (Lipinski definition) is 1. The van der Waals surface area contributed by atoms with Gasteiger partial charge in [0, 0.05) is 50.5 Å². The van der Waals surface area contributed by atoms with Crippen LogP contribution in [-0.4, -0.2) is 76.4 Å². The van der Waals surface area contributed by atoms with Crippen molar-refractivity contribution in [2.45, 2.75) is 25.8 Å². The van der Waals surface area contributed by atoms with Gasteiger partial charge in [0.15, 0.2) is 0 Å². The van der Waals surface area contributed by atoms with Crippen LogP contribution in [0.2, 0.25) is 0 Å². The van der Waals surface area contributed by atoms with Gasteiger partial charge in [-0.15, -0.1) is 0 Å². The molecule has 1 saturated heterocycles. The standard InChI is InChI=1S/C23H32N6O2/c1-4-19(22(30)24-10-7-11-28-14-12-26(2)13-15-28)29-20-9-6-5-8-17(20)18-16-25-27(3)23(31)21(18)29/h5-6,8-9,16,19H,4,7,10-15H2,1-3H3,(H,24,30). The fraction of sp³-hybridized carbons (Fsp3) is 0.522. The molecule has 0 spiro atoms. The number of fused-ring (bicyclic) bond motifs is 3. The highest BCUT2D eigenvalue weighted by Gasteiger charge is 2.25. The zero-order valence-electron chi connectivity index (χ0n) is 18.7. The Hall–Kier alpha value is -2.71. The molecule has 1 fully saturated rings. The van der Waals surface area contributed by atoms with Crippen molar-refractivity contribution in [1.82, 2.24) is 29.5 Å². The van der Waals surface area contributed by atoms with Crippen LogP contribution in [0, 0.1) is 0 Å². The lowest BCUT2D eigenvalue weighted by Gasteiger charge is -2.32. The first-order chi connectivity index (χ1) is 15.0. The number of likely N-dealkylation sites (N-methyl/N-ethyl adjacent to an activating group) is 1. The van der Waals surface area contributed by atoms with Crippen LogP contribution in [0.4, 0.5) is 0 Å². The van der Waals surface area contributed by atoms with Crippen LogP contribution in [0.1, 0.15) is 25.8 Å². The average molecular weight is 425 g/mol. The number of rotatable bonds is 7. The lowest BCUT2D eigenvalue weighted by atomic mass is 10.2. The highest BCUT2D eigenvalue weighted by atomic mass is 16.2. The van der Waals surface area contributed by atoms with E-state index in [9.17, 15) is 9.59 Å². The first-order valence-corrected chi connectivity index (χ1v) is 11.1. The molecule has 0 aliphatic carbocycles. The molecule has 1 atom stereocenters. The van der Waals surface area contributed by atoms with Gasteiger partial charge in [0.2, 0.25) is 5.91 Å². The molecule has 1 N–H and O–H groups in total. The molecular weight excluding hydrogens is 392 g/mol. The second kappa shape index (κ2) is 9.20. The number of nitrogens with zero attached hydrogens (tertiary/aromatic N) is 5. The Labute approximate surface area is 182 Å². The molecule has 8 nitrogen and oxygen atoms in total. The van der Waals surface area contributed by atoms with E-state index in [-0.39, 0.29) is 11.5 Å². The summed E-state index contributed by atoms with van der Waals surface area (Å²) in [6, 6.07) is 7.40. The molecule has 0 bridgehead atoms. The van der Waals surface area contributed by atoms with Crippen molar-refractivity contribution >= 4 is 27.7 Å². The number of aryl methyl sites for hydroxylation is 1. The van der Waals surface area contributed by atoms with Gasteiger partial charge >= 0.3 is 0 Å². The van der Waals surface area contributed by atoms with Crippen LogP contribution in [0.15, 0.2) is 35.3 Å². The molecule has 1 aromatic carbocycles. The third-order valence-electron chi connectivity index (χ3n) is 6.35. The van der Waals surface area contributed by atoms with Gasteiger partial charge in [0.05, 0.1) is 11.7 Å². The van der Waals surface area contributed by atoms with Crippen molar-refractivity contribution in [3.05, 3.63) is 40.8 Å². The molecule has 0 saturated carbocycles. The summed E-state index contributed by atoms with van der Waals surface area (Å²) >= 11 is 0. The van der Waals surface area contributed by atoms with Crippen LogP contribution < -0.4 is 10.9 Å². The monoisotopic (exact) mass is 424 g/mol. The van der Waals surface area contributed by atoms with Crippen LogP contribution in [0.5, 0.6) is 0 Å². The van der Waals surface area contributed by atoms with Crippen LogP contribution in [0.3, 0.4) is 0 Å². The van der Waals surface area contributed by atoms with E-state index < -0.39 is 6.04 Å². The number of nitrogens with one attached hydrogen (secondary N) is 1. The zero-order valence-corrected chi connectivity index (χ0v) is 18.7. The van der Waals surface area contributed by atoms with Gasteiger partial charge < -0.3 is 19.7 Å². The summed E-state index contributed by atoms with van der Waals surface area (Å²) in [5.74, 6) is -0.0394. The molecule has 31 heavy (non-hydrogen) atoms. The first-order valence-electron chi connectivity index (χ1n) is 11.1. The maximum atomic E-state index is 13.2. The normalized spacial score (nSPS) is 16.7. The Morgan fingerprint density at radius 3 is 2.61 bits per heavy atom. The molecule has 3 heterocycles. The minimum Gasteiger partial charge on any atom is -0.354 e. The predicted octanol–water partition coefficient (Wildman–Crippen LogP) is 1.59. The highest BCUT2D eigenvalue weighted by molar-refractivity contribution is 6.08. The van der Waals surface area contributed by atoms with Crippen molar-refractivity contribution in [3.8, 4) is 0 Å². The molecule has 2 aromatic heterocycles. The largest absolute Gasteiger partial charge is 0.354 e. The summed E-state index contributed by atoms with van der Waals surface area (Å²) in [4.78, 5) is 30.9. The molecule has 166 valence electrons. The third kappa shape index (κ3) is 4.22. The summed E-state index contributed by atoms with van der Waals surface area (Å²) in [5.41, 5.74) is 1.25. The lowest BCUT2D eigenvalue weighted by molar-refractivity contribution is -0.124. The van der Waals surface area contributed by atoms with Crippen LogP contribution in [-0.2, 0) is 11.8 Å². The van der Waals surface area contributed by atoms with Gasteiger partial charge in [-0.05, 0) is 32.5 Å². The second-order valence-corrected chi connectivity index (χ2v) is 8.44. The Morgan fingerprint density at radius 2 is 1.87 bits per heavy atom. The molecule has 1 aliphatic rings. The van der Waals surface area contributed by atoms with E-state index in [1.165, 1.54) is 4.68 Å². The third-order valence-corrected chi connectivity index (χ3v) is 6.35. The molecule has 0 radical (unpaired) electrons. The van der Waals surface area contributed by atoms with E-state index in [0.29, 0.717) is 18.5 Å². The topological polar surface area (TPSA) is 75.4 Å². The summed E-state index contributed by atoms with van der Waals surface area (Å²) in [7, 11) is 3.80. The van der Waals surface area contributed by atoms with Crippen LogP contribution in [0.25, 0.3) is 21.8 Å². The maximum absolute atomic E-state index is 13.2. The van der Waals surface area contributed by atoms with Gasteiger partial charge in [-0.1, -0.05) is 25.1 Å². The minimum absolute atomic E-state index is 0.0394. The van der Waals surface area contributed by atoms with E-state index in [2.05, 4.69) is 27.3 Å². The SMILES string of the molecule is CCC(C(=O)NCCCN1CCN(C)CC1)n1c2ccccc2c2cnn(C)c(=O)c21. The van der Waals surface area contributed by atoms with E-state index in [1.54, 1.807) is 13.2 Å². The number of piperazine rings is 1. The van der Waals surface area contributed by atoms with E-state index in [4.69, 9.17) is 0 Å². The van der Waals surface area contributed by atoms with Gasteiger partial charge in [0.25, 0.3) is 5.56 Å². The van der Waals surface area contributed by atoms with Gasteiger partial charge in [-0.2, -0.15) is 5.10 Å². The molecule has 3 aromatic rings.